The van der Waals surface area contributed by atoms with Crippen molar-refractivity contribution in [1.82, 2.24) is 10.2 Å². The Bertz CT molecular complexity index is 1020. The summed E-state index contributed by atoms with van der Waals surface area (Å²) in [5.74, 6) is -1.40. The van der Waals surface area contributed by atoms with Crippen LogP contribution in [0.4, 0.5) is 5.69 Å². The van der Waals surface area contributed by atoms with Gasteiger partial charge in [-0.1, -0.05) is 54.9 Å². The van der Waals surface area contributed by atoms with Crippen molar-refractivity contribution in [3.8, 4) is 0 Å². The maximum absolute atomic E-state index is 14.2. The SMILES string of the molecule is CCCNC(=O)[C@H]1[C@H]2C(=O)N([C@@H](CO)CC(C)C)C(C(=O)Nc3c(C)cccc3C)C23CC(Br)[C@@H]1S3. The fourth-order valence-corrected chi connectivity index (χ4v) is 10.0. The van der Waals surface area contributed by atoms with Crippen LogP contribution in [0.5, 0.6) is 0 Å². The fraction of sp³-hybridized carbons (Fsp3) is 0.667. The number of anilines is 1. The lowest BCUT2D eigenvalue weighted by Crippen LogP contribution is -2.55. The third kappa shape index (κ3) is 4.49. The van der Waals surface area contributed by atoms with Gasteiger partial charge in [-0.15, -0.1) is 11.8 Å². The quantitative estimate of drug-likeness (QED) is 0.388. The number of benzene rings is 1. The number of alkyl halides is 1. The van der Waals surface area contributed by atoms with E-state index in [1.54, 1.807) is 16.7 Å². The molecule has 3 amide bonds. The number of halogens is 1. The van der Waals surface area contributed by atoms with Gasteiger partial charge in [-0.2, -0.15) is 0 Å². The number of carbonyl (C=O) groups is 3. The molecule has 0 radical (unpaired) electrons. The van der Waals surface area contributed by atoms with Crippen molar-refractivity contribution in [2.75, 3.05) is 18.5 Å². The third-order valence-corrected chi connectivity index (χ3v) is 11.1. The van der Waals surface area contributed by atoms with Gasteiger partial charge in [0.15, 0.2) is 0 Å². The number of nitrogens with zero attached hydrogens (tertiary/aromatic N) is 1. The Morgan fingerprint density at radius 2 is 1.92 bits per heavy atom. The molecule has 3 saturated heterocycles. The van der Waals surface area contributed by atoms with E-state index in [2.05, 4.69) is 26.6 Å². The van der Waals surface area contributed by atoms with E-state index in [1.165, 1.54) is 0 Å². The molecule has 0 saturated carbocycles. The third-order valence-electron chi connectivity index (χ3n) is 7.90. The number of hydrogen-bond acceptors (Lipinski definition) is 5. The summed E-state index contributed by atoms with van der Waals surface area (Å²) in [7, 11) is 0. The lowest BCUT2D eigenvalue weighted by atomic mass is 9.70. The van der Waals surface area contributed by atoms with Crippen LogP contribution in [0.15, 0.2) is 18.2 Å². The summed E-state index contributed by atoms with van der Waals surface area (Å²) in [5.41, 5.74) is 2.66. The van der Waals surface area contributed by atoms with Crippen molar-refractivity contribution in [1.29, 1.82) is 0 Å². The normalized spacial score (nSPS) is 31.6. The zero-order chi connectivity index (χ0) is 26.4. The summed E-state index contributed by atoms with van der Waals surface area (Å²) in [6.45, 7) is 10.3. The highest BCUT2D eigenvalue weighted by Gasteiger charge is 2.76. The van der Waals surface area contributed by atoms with Crippen LogP contribution in [0.2, 0.25) is 0 Å². The van der Waals surface area contributed by atoms with Gasteiger partial charge in [0.05, 0.1) is 29.2 Å². The zero-order valence-electron chi connectivity index (χ0n) is 21.7. The molecule has 0 aliphatic carbocycles. The lowest BCUT2D eigenvalue weighted by Gasteiger charge is -2.38. The molecular weight excluding hydrogens is 542 g/mol. The first-order valence-corrected chi connectivity index (χ1v) is 14.8. The van der Waals surface area contributed by atoms with E-state index in [0.29, 0.717) is 19.4 Å². The van der Waals surface area contributed by atoms with Gasteiger partial charge < -0.3 is 20.6 Å². The molecule has 3 fully saturated rings. The molecule has 0 aromatic heterocycles. The zero-order valence-corrected chi connectivity index (χ0v) is 24.1. The summed E-state index contributed by atoms with van der Waals surface area (Å²) in [5, 5.41) is 16.5. The molecule has 3 heterocycles. The van der Waals surface area contributed by atoms with Gasteiger partial charge in [-0.25, -0.2) is 0 Å². The van der Waals surface area contributed by atoms with Crippen molar-refractivity contribution < 1.29 is 19.5 Å². The molecule has 1 spiro atoms. The number of rotatable bonds is 9. The topological polar surface area (TPSA) is 98.7 Å². The second kappa shape index (κ2) is 10.7. The number of aryl methyl sites for hydroxylation is 2. The Morgan fingerprint density at radius 3 is 2.50 bits per heavy atom. The van der Waals surface area contributed by atoms with Crippen LogP contribution in [-0.2, 0) is 14.4 Å². The Labute approximate surface area is 226 Å². The number of hydrogen-bond donors (Lipinski definition) is 3. The molecule has 1 aromatic rings. The summed E-state index contributed by atoms with van der Waals surface area (Å²) in [4.78, 5) is 43.3. The second-order valence-corrected chi connectivity index (χ2v) is 13.6. The number of para-hydroxylation sites is 1. The molecule has 36 heavy (non-hydrogen) atoms. The number of carbonyl (C=O) groups excluding carboxylic acids is 3. The number of aliphatic hydroxyl groups excluding tert-OH is 1. The lowest BCUT2D eigenvalue weighted by molar-refractivity contribution is -0.142. The number of fused-ring (bicyclic) bond motifs is 1. The molecule has 3 unspecified atom stereocenters. The fourth-order valence-electron chi connectivity index (χ4n) is 6.45. The van der Waals surface area contributed by atoms with Crippen LogP contribution in [0.3, 0.4) is 0 Å². The Hall–Kier alpha value is -1.58. The van der Waals surface area contributed by atoms with Gasteiger partial charge in [-0.05, 0) is 50.2 Å². The van der Waals surface area contributed by atoms with Crippen LogP contribution in [0.1, 0.15) is 51.2 Å². The van der Waals surface area contributed by atoms with E-state index in [9.17, 15) is 19.5 Å². The van der Waals surface area contributed by atoms with Crippen molar-refractivity contribution in [2.45, 2.75) is 80.8 Å². The van der Waals surface area contributed by atoms with E-state index >= 15 is 0 Å². The number of nitrogens with one attached hydrogen (secondary N) is 2. The molecular formula is C27H38BrN3O4S. The molecule has 3 N–H and O–H groups in total. The monoisotopic (exact) mass is 579 g/mol. The van der Waals surface area contributed by atoms with Gasteiger partial charge in [0.1, 0.15) is 6.04 Å². The van der Waals surface area contributed by atoms with E-state index in [-0.39, 0.29) is 40.3 Å². The van der Waals surface area contributed by atoms with Gasteiger partial charge in [0.2, 0.25) is 17.7 Å². The van der Waals surface area contributed by atoms with Gasteiger partial charge >= 0.3 is 0 Å². The van der Waals surface area contributed by atoms with Crippen molar-refractivity contribution in [3.63, 3.8) is 0 Å². The van der Waals surface area contributed by atoms with E-state index in [1.807, 2.05) is 52.8 Å². The standard InChI is InChI=1S/C27H38BrN3O4S/c1-6-10-29-24(33)19-20-26(35)31(17(13-32)11-14(2)3)23(27(20)12-18(28)22(19)36-27)25(34)30-21-15(4)8-7-9-16(21)5/h7-9,14,17-20,22-23,32H,6,10-13H2,1-5H3,(H,29,33)(H,30,34)/t17-,18?,19+,20+,22+,23?,27?/m1/s1. The first-order valence-electron chi connectivity index (χ1n) is 13.0. The summed E-state index contributed by atoms with van der Waals surface area (Å²) < 4.78 is -0.727. The molecule has 3 aliphatic heterocycles. The Kier molecular flexibility index (Phi) is 8.12. The predicted octanol–water partition coefficient (Wildman–Crippen LogP) is 3.64. The molecule has 3 aliphatic rings. The average Bonchev–Trinajstić information content (AvgIpc) is 3.41. The first kappa shape index (κ1) is 27.5. The number of thioether (sulfide) groups is 1. The van der Waals surface area contributed by atoms with Crippen LogP contribution < -0.4 is 10.6 Å². The van der Waals surface area contributed by atoms with Gasteiger partial charge in [0.25, 0.3) is 0 Å². The molecule has 2 bridgehead atoms. The highest BCUT2D eigenvalue weighted by Crippen LogP contribution is 2.68. The second-order valence-electron chi connectivity index (χ2n) is 10.9. The van der Waals surface area contributed by atoms with Crippen molar-refractivity contribution >= 4 is 51.1 Å². The van der Waals surface area contributed by atoms with Crippen molar-refractivity contribution in [3.05, 3.63) is 29.3 Å². The van der Waals surface area contributed by atoms with Crippen LogP contribution in [0.25, 0.3) is 0 Å². The molecule has 9 heteroatoms. The maximum Gasteiger partial charge on any atom is 0.248 e. The minimum absolute atomic E-state index is 0.0250. The highest BCUT2D eigenvalue weighted by molar-refractivity contribution is 9.09. The molecule has 4 rings (SSSR count). The first-order chi connectivity index (χ1) is 17.1. The molecule has 1 aromatic carbocycles. The Morgan fingerprint density at radius 1 is 1.25 bits per heavy atom. The van der Waals surface area contributed by atoms with Crippen LogP contribution >= 0.6 is 27.7 Å². The number of likely N-dealkylation sites (tertiary alicyclic amines) is 1. The molecule has 198 valence electrons. The predicted molar refractivity (Wildman–Crippen MR) is 147 cm³/mol. The van der Waals surface area contributed by atoms with E-state index < -0.39 is 28.7 Å². The van der Waals surface area contributed by atoms with E-state index in [0.717, 1.165) is 23.2 Å². The maximum atomic E-state index is 14.2. The largest absolute Gasteiger partial charge is 0.394 e. The summed E-state index contributed by atoms with van der Waals surface area (Å²) in [6, 6.07) is 4.60. The number of amides is 3. The van der Waals surface area contributed by atoms with Crippen LogP contribution in [0, 0.1) is 31.6 Å². The van der Waals surface area contributed by atoms with Crippen LogP contribution in [-0.4, -0.2) is 67.8 Å². The minimum Gasteiger partial charge on any atom is -0.394 e. The van der Waals surface area contributed by atoms with Gasteiger partial charge in [-0.3, -0.25) is 14.4 Å². The van der Waals surface area contributed by atoms with Gasteiger partial charge in [0, 0.05) is 22.3 Å². The van der Waals surface area contributed by atoms with Crippen molar-refractivity contribution in [2.24, 2.45) is 17.8 Å². The smallest absolute Gasteiger partial charge is 0.248 e. The average molecular weight is 581 g/mol. The summed E-state index contributed by atoms with van der Waals surface area (Å²) in [6.07, 6.45) is 2.01. The highest BCUT2D eigenvalue weighted by atomic mass is 79.9. The Balaban J connectivity index is 1.78. The minimum atomic E-state index is -0.774. The molecule has 7 nitrogen and oxygen atoms in total. The molecule has 7 atom stereocenters. The van der Waals surface area contributed by atoms with E-state index in [4.69, 9.17) is 0 Å². The number of aliphatic hydroxyl groups is 1. The summed E-state index contributed by atoms with van der Waals surface area (Å²) >= 11 is 5.42.